The van der Waals surface area contributed by atoms with Gasteiger partial charge in [-0.15, -0.1) is 0 Å². The number of aliphatic hydroxyl groups excluding tert-OH is 2. The molecule has 2 nitrogen and oxygen atoms in total. The van der Waals surface area contributed by atoms with Crippen LogP contribution in [0.4, 0.5) is 0 Å². The molecule has 0 atom stereocenters. The van der Waals surface area contributed by atoms with Gasteiger partial charge in [-0.1, -0.05) is 0 Å². The smallest absolute Gasteiger partial charge is 0.0835 e. The summed E-state index contributed by atoms with van der Waals surface area (Å²) >= 11 is 0. The monoisotopic (exact) mass is 422 g/mol. The number of hydrogen-bond donors (Lipinski definition) is 2. The molecule has 0 rings (SSSR count). The van der Waals surface area contributed by atoms with E-state index in [1.54, 1.807) is 0 Å². The summed E-state index contributed by atoms with van der Waals surface area (Å²) in [6.07, 6.45) is 2.04. The lowest BCUT2D eigenvalue weighted by Gasteiger charge is -2.48. The van der Waals surface area contributed by atoms with E-state index in [0.717, 1.165) is 12.3 Å². The Morgan fingerprint density at radius 1 is 0.481 bits per heavy atom. The fraction of sp³-hybridized carbons (Fsp3) is 1.00. The van der Waals surface area contributed by atoms with Crippen LogP contribution in [0, 0.1) is 5.41 Å². The molecule has 0 spiro atoms. The average Bonchev–Trinajstić information content (AvgIpc) is 2.53. The second-order valence-corrected chi connectivity index (χ2v) is 21.5. The lowest BCUT2D eigenvalue weighted by atomic mass is 9.96. The topological polar surface area (TPSA) is 40.5 Å². The van der Waals surface area contributed by atoms with E-state index in [9.17, 15) is 10.2 Å². The molecular weight excluding hydrogens is 370 g/mol. The molecule has 0 aliphatic rings. The van der Waals surface area contributed by atoms with E-state index in [1.807, 2.05) is 0 Å². The highest BCUT2D eigenvalue weighted by Gasteiger charge is 2.59. The van der Waals surface area contributed by atoms with Gasteiger partial charge in [0.1, 0.15) is 0 Å². The molecule has 0 aliphatic heterocycles. The first-order valence-electron chi connectivity index (χ1n) is 11.2. The van der Waals surface area contributed by atoms with Crippen LogP contribution in [0.2, 0.25) is 0 Å². The van der Waals surface area contributed by atoms with Crippen molar-refractivity contribution in [2.45, 2.75) is 117 Å². The van der Waals surface area contributed by atoms with Crippen LogP contribution in [0.3, 0.4) is 0 Å². The van der Waals surface area contributed by atoms with Crippen LogP contribution in [0.25, 0.3) is 0 Å². The van der Waals surface area contributed by atoms with Crippen molar-refractivity contribution in [3.63, 3.8) is 0 Å². The van der Waals surface area contributed by atoms with Crippen LogP contribution in [0.5, 0.6) is 0 Å². The third-order valence-electron chi connectivity index (χ3n) is 7.66. The first kappa shape index (κ1) is 27.8. The Balaban J connectivity index is 6.39. The molecule has 0 aliphatic carbocycles. The Bertz CT molecular complexity index is 345. The molecule has 0 fully saturated rings. The van der Waals surface area contributed by atoms with Crippen molar-refractivity contribution in [1.82, 2.24) is 0 Å². The van der Waals surface area contributed by atoms with Crippen LogP contribution >= 0.6 is 14.5 Å². The summed E-state index contributed by atoms with van der Waals surface area (Å²) in [7, 11) is -2.69. The molecule has 0 unspecified atom stereocenters. The summed E-state index contributed by atoms with van der Waals surface area (Å²) in [5.74, 6) is 0. The molecule has 27 heavy (non-hydrogen) atoms. The molecule has 4 heteroatoms. The maximum atomic E-state index is 10.7. The van der Waals surface area contributed by atoms with Crippen LogP contribution in [0.1, 0.15) is 83.1 Å². The molecule has 0 amide bonds. The standard InChI is InChI=1S/C23H52O2P2/c1-17(2)26(18(3)4,19(5)6)15-23(13-24,14-25)16-27(20(7)8,21(9)10)22(11)12/h17-22,24-25H,13-16H2,1-12H3/q+2. The molecule has 0 radical (unpaired) electrons. The van der Waals surface area contributed by atoms with Crippen molar-refractivity contribution in [2.24, 2.45) is 5.41 Å². The SMILES string of the molecule is CC(C)[P+](CC(CO)(CO)C[P+](C(C)C)(C(C)C)C(C)C)(C(C)C)C(C)C. The van der Waals surface area contributed by atoms with E-state index in [4.69, 9.17) is 0 Å². The first-order valence-corrected chi connectivity index (χ1v) is 15.5. The second-order valence-electron chi connectivity index (χ2n) is 10.7. The van der Waals surface area contributed by atoms with Crippen molar-refractivity contribution in [3.05, 3.63) is 0 Å². The van der Waals surface area contributed by atoms with Gasteiger partial charge in [-0.2, -0.15) is 0 Å². The summed E-state index contributed by atoms with van der Waals surface area (Å²) < 4.78 is 0. The summed E-state index contributed by atoms with van der Waals surface area (Å²) in [5.41, 5.74) is 3.40. The zero-order chi connectivity index (χ0) is 21.8. The van der Waals surface area contributed by atoms with Gasteiger partial charge in [-0.3, -0.25) is 0 Å². The van der Waals surface area contributed by atoms with Gasteiger partial charge in [-0.25, -0.2) is 0 Å². The van der Waals surface area contributed by atoms with Gasteiger partial charge in [0, 0.05) is 14.5 Å². The lowest BCUT2D eigenvalue weighted by molar-refractivity contribution is 0.0898. The molecule has 2 N–H and O–H groups in total. The molecule has 0 aromatic rings. The minimum Gasteiger partial charge on any atom is -0.395 e. The molecule has 0 aromatic carbocycles. The summed E-state index contributed by atoms with van der Waals surface area (Å²) in [6, 6.07) is 0. The van der Waals surface area contributed by atoms with E-state index >= 15 is 0 Å². The lowest BCUT2D eigenvalue weighted by Crippen LogP contribution is -2.46. The molecule has 0 aromatic heterocycles. The summed E-state index contributed by atoms with van der Waals surface area (Å²) in [6.45, 7) is 28.8. The van der Waals surface area contributed by atoms with E-state index in [2.05, 4.69) is 83.1 Å². The first-order chi connectivity index (χ1) is 12.2. The van der Waals surface area contributed by atoms with Gasteiger partial charge < -0.3 is 10.2 Å². The Labute approximate surface area is 173 Å². The normalized spacial score (nSPS) is 14.7. The minimum atomic E-state index is -1.35. The minimum absolute atomic E-state index is 0.116. The molecule has 0 bridgehead atoms. The van der Waals surface area contributed by atoms with Crippen LogP contribution < -0.4 is 0 Å². The zero-order valence-corrected chi connectivity index (χ0v) is 22.4. The zero-order valence-electron chi connectivity index (χ0n) is 20.6. The van der Waals surface area contributed by atoms with Crippen LogP contribution in [0.15, 0.2) is 0 Å². The number of aliphatic hydroxyl groups is 2. The van der Waals surface area contributed by atoms with Crippen molar-refractivity contribution >= 4 is 14.5 Å². The van der Waals surface area contributed by atoms with Gasteiger partial charge >= 0.3 is 0 Å². The predicted octanol–water partition coefficient (Wildman–Crippen LogP) is 6.44. The van der Waals surface area contributed by atoms with Gasteiger partial charge in [0.15, 0.2) is 0 Å². The van der Waals surface area contributed by atoms with Crippen molar-refractivity contribution in [3.8, 4) is 0 Å². The van der Waals surface area contributed by atoms with Crippen molar-refractivity contribution in [2.75, 3.05) is 25.5 Å². The van der Waals surface area contributed by atoms with Crippen LogP contribution in [-0.4, -0.2) is 69.7 Å². The fourth-order valence-corrected chi connectivity index (χ4v) is 18.6. The van der Waals surface area contributed by atoms with E-state index in [1.165, 1.54) is 0 Å². The summed E-state index contributed by atoms with van der Waals surface area (Å²) in [4.78, 5) is 0. The average molecular weight is 423 g/mol. The highest BCUT2D eigenvalue weighted by molar-refractivity contribution is 7.78. The Morgan fingerprint density at radius 2 is 0.667 bits per heavy atom. The molecule has 0 heterocycles. The van der Waals surface area contributed by atoms with E-state index < -0.39 is 14.5 Å². The third kappa shape index (κ3) is 5.48. The molecular formula is C23H52O2P2+2. The number of hydrogen-bond acceptors (Lipinski definition) is 2. The molecule has 164 valence electrons. The van der Waals surface area contributed by atoms with Crippen molar-refractivity contribution in [1.29, 1.82) is 0 Å². The Morgan fingerprint density at radius 3 is 0.778 bits per heavy atom. The van der Waals surface area contributed by atoms with Crippen LogP contribution in [-0.2, 0) is 0 Å². The van der Waals surface area contributed by atoms with Gasteiger partial charge in [0.25, 0.3) is 0 Å². The largest absolute Gasteiger partial charge is 0.395 e. The summed E-state index contributed by atoms with van der Waals surface area (Å²) in [5, 5.41) is 21.3. The third-order valence-corrected chi connectivity index (χ3v) is 21.6. The van der Waals surface area contributed by atoms with E-state index in [-0.39, 0.29) is 18.6 Å². The van der Waals surface area contributed by atoms with Gasteiger partial charge in [-0.05, 0) is 83.1 Å². The highest BCUT2D eigenvalue weighted by atomic mass is 31.2. The maximum Gasteiger partial charge on any atom is 0.0835 e. The molecule has 0 saturated heterocycles. The maximum absolute atomic E-state index is 10.7. The Kier molecular flexibility index (Phi) is 11.0. The fourth-order valence-electron chi connectivity index (χ4n) is 6.14. The number of rotatable bonds is 12. The highest BCUT2D eigenvalue weighted by Crippen LogP contribution is 2.76. The van der Waals surface area contributed by atoms with Gasteiger partial charge in [0.2, 0.25) is 0 Å². The second kappa shape index (κ2) is 10.7. The van der Waals surface area contributed by atoms with E-state index in [0.29, 0.717) is 34.0 Å². The van der Waals surface area contributed by atoms with Crippen molar-refractivity contribution < 1.29 is 10.2 Å². The quantitative estimate of drug-likeness (QED) is 0.355. The predicted molar refractivity (Wildman–Crippen MR) is 131 cm³/mol. The Hall–Kier alpha value is 0.780. The molecule has 0 saturated carbocycles. The van der Waals surface area contributed by atoms with Gasteiger partial charge in [0.05, 0.1) is 64.9 Å².